The maximum absolute atomic E-state index is 13.9. The second-order valence-corrected chi connectivity index (χ2v) is 7.68. The molecule has 0 spiro atoms. The quantitative estimate of drug-likeness (QED) is 0.315. The van der Waals surface area contributed by atoms with E-state index in [4.69, 9.17) is 4.98 Å². The molecule has 0 aliphatic carbocycles. The molecule has 6 heteroatoms. The first kappa shape index (κ1) is 18.3. The second kappa shape index (κ2) is 7.06. The van der Waals surface area contributed by atoms with Crippen molar-refractivity contribution in [3.05, 3.63) is 90.7 Å². The van der Waals surface area contributed by atoms with Gasteiger partial charge in [0.15, 0.2) is 0 Å². The molecule has 6 rings (SSSR count). The van der Waals surface area contributed by atoms with Crippen molar-refractivity contribution in [1.82, 2.24) is 20.2 Å². The van der Waals surface area contributed by atoms with Gasteiger partial charge in [-0.2, -0.15) is 5.10 Å². The number of fused-ring (bicyclic) bond motifs is 2. The van der Waals surface area contributed by atoms with Crippen LogP contribution in [0.15, 0.2) is 84.9 Å². The topological polar surface area (TPSA) is 77.6 Å². The number of nitrogens with one attached hydrogen (secondary N) is 2. The van der Waals surface area contributed by atoms with E-state index in [-0.39, 0.29) is 5.75 Å². The monoisotopic (exact) mass is 420 g/mol. The third-order valence-corrected chi connectivity index (χ3v) is 5.59. The molecule has 0 fully saturated rings. The van der Waals surface area contributed by atoms with Gasteiger partial charge >= 0.3 is 0 Å². The zero-order valence-corrected chi connectivity index (χ0v) is 16.8. The summed E-state index contributed by atoms with van der Waals surface area (Å²) in [5.74, 6) is -0.590. The van der Waals surface area contributed by atoms with Crippen LogP contribution in [0.3, 0.4) is 0 Å². The molecular formula is C26H17FN4O. The molecule has 0 unspecified atom stereocenters. The highest BCUT2D eigenvalue weighted by Gasteiger charge is 2.15. The molecule has 0 aliphatic rings. The number of pyridine rings is 1. The van der Waals surface area contributed by atoms with Gasteiger partial charge in [0.05, 0.1) is 16.9 Å². The molecule has 3 heterocycles. The first-order chi connectivity index (χ1) is 15.7. The van der Waals surface area contributed by atoms with Crippen molar-refractivity contribution in [2.24, 2.45) is 0 Å². The molecule has 154 valence electrons. The predicted octanol–water partition coefficient (Wildman–Crippen LogP) is 6.28. The largest absolute Gasteiger partial charge is 0.508 e. The molecule has 3 N–H and O–H groups in total. The lowest BCUT2D eigenvalue weighted by Gasteiger charge is -2.05. The van der Waals surface area contributed by atoms with E-state index in [0.29, 0.717) is 11.3 Å². The van der Waals surface area contributed by atoms with Crippen LogP contribution in [-0.2, 0) is 0 Å². The Kier molecular flexibility index (Phi) is 4.04. The number of aromatic amines is 2. The minimum Gasteiger partial charge on any atom is -0.508 e. The summed E-state index contributed by atoms with van der Waals surface area (Å²) in [5, 5.41) is 18.3. The average molecular weight is 420 g/mol. The van der Waals surface area contributed by atoms with Crippen LogP contribution < -0.4 is 0 Å². The number of aromatic hydroxyl groups is 1. The normalized spacial score (nSPS) is 11.4. The van der Waals surface area contributed by atoms with Crippen LogP contribution in [0.1, 0.15) is 0 Å². The number of hydrogen-bond acceptors (Lipinski definition) is 3. The summed E-state index contributed by atoms with van der Waals surface area (Å²) in [5.41, 5.74) is 7.33. The van der Waals surface area contributed by atoms with E-state index in [9.17, 15) is 9.50 Å². The fraction of sp³-hybridized carbons (Fsp3) is 0. The average Bonchev–Trinajstić information content (AvgIpc) is 3.42. The number of nitrogens with zero attached hydrogens (tertiary/aromatic N) is 2. The van der Waals surface area contributed by atoms with Crippen molar-refractivity contribution in [3.63, 3.8) is 0 Å². The Labute approximate surface area is 182 Å². The van der Waals surface area contributed by atoms with Crippen molar-refractivity contribution < 1.29 is 9.50 Å². The lowest BCUT2D eigenvalue weighted by Crippen LogP contribution is -1.85. The van der Waals surface area contributed by atoms with Crippen molar-refractivity contribution in [2.45, 2.75) is 0 Å². The standard InChI is InChI=1S/C26H17FN4O/c27-17-11-16(12-18(32)13-17)19-7-4-8-22-20(19)14-24(28-22)26-25-23(30-31-26)10-9-21(29-25)15-5-2-1-3-6-15/h1-14,28,32H,(H,30,31). The van der Waals surface area contributed by atoms with Gasteiger partial charge in [-0.3, -0.25) is 5.10 Å². The molecule has 5 nitrogen and oxygen atoms in total. The van der Waals surface area contributed by atoms with Gasteiger partial charge < -0.3 is 10.1 Å². The van der Waals surface area contributed by atoms with E-state index in [1.165, 1.54) is 6.07 Å². The number of phenols is 1. The zero-order valence-electron chi connectivity index (χ0n) is 16.8. The molecule has 3 aromatic carbocycles. The van der Waals surface area contributed by atoms with E-state index in [1.54, 1.807) is 6.07 Å². The molecule has 0 atom stereocenters. The number of halogens is 1. The number of phenolic OH excluding ortho intramolecular Hbond substituents is 1. The van der Waals surface area contributed by atoms with Crippen LogP contribution in [0, 0.1) is 5.82 Å². The fourth-order valence-electron chi connectivity index (χ4n) is 4.12. The highest BCUT2D eigenvalue weighted by atomic mass is 19.1. The summed E-state index contributed by atoms with van der Waals surface area (Å²) < 4.78 is 13.9. The summed E-state index contributed by atoms with van der Waals surface area (Å²) in [4.78, 5) is 8.27. The Morgan fingerprint density at radius 2 is 1.66 bits per heavy atom. The van der Waals surface area contributed by atoms with Crippen molar-refractivity contribution in [1.29, 1.82) is 0 Å². The van der Waals surface area contributed by atoms with Gasteiger partial charge in [0, 0.05) is 22.5 Å². The number of hydrogen-bond donors (Lipinski definition) is 3. The van der Waals surface area contributed by atoms with Gasteiger partial charge in [0.25, 0.3) is 0 Å². The number of aromatic nitrogens is 4. The van der Waals surface area contributed by atoms with Gasteiger partial charge in [0.2, 0.25) is 0 Å². The molecule has 32 heavy (non-hydrogen) atoms. The molecule has 0 saturated carbocycles. The number of benzene rings is 3. The third kappa shape index (κ3) is 3.01. The van der Waals surface area contributed by atoms with Crippen LogP contribution in [-0.4, -0.2) is 25.3 Å². The molecule has 0 bridgehead atoms. The molecule has 0 aliphatic heterocycles. The molecule has 3 aromatic heterocycles. The van der Waals surface area contributed by atoms with Crippen molar-refractivity contribution in [3.8, 4) is 39.5 Å². The molecule has 6 aromatic rings. The van der Waals surface area contributed by atoms with Gasteiger partial charge in [-0.15, -0.1) is 0 Å². The van der Waals surface area contributed by atoms with E-state index in [1.807, 2.05) is 66.7 Å². The van der Waals surface area contributed by atoms with Gasteiger partial charge in [-0.25, -0.2) is 9.37 Å². The van der Waals surface area contributed by atoms with E-state index in [2.05, 4.69) is 15.2 Å². The van der Waals surface area contributed by atoms with Gasteiger partial charge in [0.1, 0.15) is 22.8 Å². The maximum Gasteiger partial charge on any atom is 0.135 e. The summed E-state index contributed by atoms with van der Waals surface area (Å²) in [6.07, 6.45) is 0. The summed E-state index contributed by atoms with van der Waals surface area (Å²) in [6.45, 7) is 0. The molecule has 0 radical (unpaired) electrons. The Bertz CT molecular complexity index is 1580. The third-order valence-electron chi connectivity index (χ3n) is 5.59. The van der Waals surface area contributed by atoms with E-state index in [0.717, 1.165) is 50.5 Å². The van der Waals surface area contributed by atoms with Crippen LogP contribution in [0.5, 0.6) is 5.75 Å². The molecule has 0 amide bonds. The zero-order chi connectivity index (χ0) is 21.7. The van der Waals surface area contributed by atoms with Crippen LogP contribution in [0.4, 0.5) is 4.39 Å². The van der Waals surface area contributed by atoms with Crippen LogP contribution in [0.25, 0.3) is 55.7 Å². The molecular weight excluding hydrogens is 403 g/mol. The van der Waals surface area contributed by atoms with Crippen molar-refractivity contribution in [2.75, 3.05) is 0 Å². The number of H-pyrrole nitrogens is 2. The summed E-state index contributed by atoms with van der Waals surface area (Å²) in [7, 11) is 0. The maximum atomic E-state index is 13.9. The highest BCUT2D eigenvalue weighted by Crippen LogP contribution is 2.35. The first-order valence-electron chi connectivity index (χ1n) is 10.2. The fourth-order valence-corrected chi connectivity index (χ4v) is 4.12. The Morgan fingerprint density at radius 3 is 2.50 bits per heavy atom. The SMILES string of the molecule is Oc1cc(F)cc(-c2cccc3[nH]c(-c4n[nH]c5ccc(-c6ccccc6)nc45)cc23)c1. The Hall–Kier alpha value is -4.45. The Morgan fingerprint density at radius 1 is 0.781 bits per heavy atom. The lowest BCUT2D eigenvalue weighted by molar-refractivity contribution is 0.469. The van der Waals surface area contributed by atoms with Gasteiger partial charge in [-0.1, -0.05) is 42.5 Å². The summed E-state index contributed by atoms with van der Waals surface area (Å²) in [6, 6.07) is 25.8. The van der Waals surface area contributed by atoms with E-state index < -0.39 is 5.82 Å². The molecule has 0 saturated heterocycles. The first-order valence-corrected chi connectivity index (χ1v) is 10.2. The number of rotatable bonds is 3. The highest BCUT2D eigenvalue weighted by molar-refractivity contribution is 6.00. The van der Waals surface area contributed by atoms with Crippen LogP contribution in [0.2, 0.25) is 0 Å². The van der Waals surface area contributed by atoms with Gasteiger partial charge in [-0.05, 0) is 47.5 Å². The minimum atomic E-state index is -0.483. The predicted molar refractivity (Wildman–Crippen MR) is 124 cm³/mol. The smallest absolute Gasteiger partial charge is 0.135 e. The van der Waals surface area contributed by atoms with Crippen molar-refractivity contribution >= 4 is 21.9 Å². The summed E-state index contributed by atoms with van der Waals surface area (Å²) >= 11 is 0. The van der Waals surface area contributed by atoms with E-state index >= 15 is 0 Å². The lowest BCUT2D eigenvalue weighted by atomic mass is 10.0. The van der Waals surface area contributed by atoms with Crippen LogP contribution >= 0.6 is 0 Å². The Balaban J connectivity index is 1.52. The second-order valence-electron chi connectivity index (χ2n) is 7.68. The minimum absolute atomic E-state index is 0.108.